The van der Waals surface area contributed by atoms with Crippen molar-refractivity contribution < 1.29 is 14.4 Å². The summed E-state index contributed by atoms with van der Waals surface area (Å²) in [6.07, 6.45) is 2.23. The van der Waals surface area contributed by atoms with Crippen LogP contribution in [0.1, 0.15) is 52.5 Å². The van der Waals surface area contributed by atoms with Crippen LogP contribution in [0.2, 0.25) is 0 Å². The summed E-state index contributed by atoms with van der Waals surface area (Å²) < 4.78 is 0. The lowest BCUT2D eigenvalue weighted by Crippen LogP contribution is -2.54. The molecule has 0 radical (unpaired) electrons. The quantitative estimate of drug-likeness (QED) is 0.647. The molecule has 1 saturated carbocycles. The van der Waals surface area contributed by atoms with Gasteiger partial charge in [0.05, 0.1) is 0 Å². The van der Waals surface area contributed by atoms with E-state index in [0.717, 1.165) is 49.6 Å². The van der Waals surface area contributed by atoms with E-state index in [4.69, 9.17) is 0 Å². The minimum atomic E-state index is -0.890. The van der Waals surface area contributed by atoms with Crippen LogP contribution in [0, 0.1) is 18.3 Å². The molecule has 8 nitrogen and oxygen atoms in total. The van der Waals surface area contributed by atoms with Gasteiger partial charge in [-0.1, -0.05) is 27.7 Å². The molecule has 4 rings (SSSR count). The molecule has 2 heterocycles. The van der Waals surface area contributed by atoms with Gasteiger partial charge in [0, 0.05) is 37.6 Å². The van der Waals surface area contributed by atoms with E-state index in [-0.39, 0.29) is 23.8 Å². The van der Waals surface area contributed by atoms with Gasteiger partial charge in [-0.2, -0.15) is 0 Å². The van der Waals surface area contributed by atoms with Gasteiger partial charge in [-0.05, 0) is 67.8 Å². The zero-order valence-electron chi connectivity index (χ0n) is 21.2. The highest BCUT2D eigenvalue weighted by Crippen LogP contribution is 2.46. The number of benzene rings is 1. The van der Waals surface area contributed by atoms with Gasteiger partial charge in [-0.25, -0.2) is 4.79 Å². The van der Waals surface area contributed by atoms with Crippen molar-refractivity contribution in [3.63, 3.8) is 0 Å². The van der Waals surface area contributed by atoms with Crippen LogP contribution in [0.3, 0.4) is 0 Å². The molecule has 0 bridgehead atoms. The summed E-state index contributed by atoms with van der Waals surface area (Å²) in [4.78, 5) is 44.7. The number of imide groups is 1. The summed E-state index contributed by atoms with van der Waals surface area (Å²) >= 11 is 0. The van der Waals surface area contributed by atoms with Crippen molar-refractivity contribution in [2.45, 2.75) is 59.4 Å². The number of urea groups is 1. The predicted octanol–water partition coefficient (Wildman–Crippen LogP) is 3.21. The lowest BCUT2D eigenvalue weighted by atomic mass is 9.64. The number of nitrogens with zero attached hydrogens (tertiary/aromatic N) is 3. The molecule has 34 heavy (non-hydrogen) atoms. The highest BCUT2D eigenvalue weighted by atomic mass is 16.2. The average Bonchev–Trinajstić information content (AvgIpc) is 2.95. The highest BCUT2D eigenvalue weighted by molar-refractivity contribution is 6.10. The van der Waals surface area contributed by atoms with Crippen LogP contribution in [-0.4, -0.2) is 72.5 Å². The van der Waals surface area contributed by atoms with Crippen LogP contribution in [0.25, 0.3) is 0 Å². The van der Waals surface area contributed by atoms with Crippen molar-refractivity contribution in [3.8, 4) is 0 Å². The number of nitrogens with one attached hydrogen (secondary N) is 2. The third-order valence-electron chi connectivity index (χ3n) is 7.57. The van der Waals surface area contributed by atoms with E-state index in [1.165, 1.54) is 5.69 Å². The van der Waals surface area contributed by atoms with E-state index in [0.29, 0.717) is 24.4 Å². The van der Waals surface area contributed by atoms with Gasteiger partial charge < -0.3 is 20.4 Å². The van der Waals surface area contributed by atoms with E-state index >= 15 is 0 Å². The molecule has 2 aliphatic heterocycles. The Kier molecular flexibility index (Phi) is 6.64. The van der Waals surface area contributed by atoms with Crippen LogP contribution < -0.4 is 15.5 Å². The van der Waals surface area contributed by atoms with E-state index in [1.54, 1.807) is 0 Å². The number of amides is 4. The Bertz CT molecular complexity index is 969. The van der Waals surface area contributed by atoms with Crippen molar-refractivity contribution in [3.05, 3.63) is 23.8 Å². The van der Waals surface area contributed by atoms with Crippen molar-refractivity contribution >= 4 is 29.2 Å². The summed E-state index contributed by atoms with van der Waals surface area (Å²) in [7, 11) is 0. The average molecular weight is 470 g/mol. The number of carbonyl (C=O) groups is 3. The molecule has 4 amide bonds. The third-order valence-corrected chi connectivity index (χ3v) is 7.57. The standard InChI is InChI=1S/C26H39N5O3/c1-6-29-9-11-30(12-10-29)21-8-7-20(13-19(21)3)27-22(32)16-31-23(33)26(28-24(31)34)15-18(2)14-25(4,5)17-26/h7-8,13,18H,6,9-12,14-17H2,1-5H3,(H,27,32)(H,28,34). The number of piperazine rings is 1. The van der Waals surface area contributed by atoms with E-state index in [1.807, 2.05) is 25.1 Å². The summed E-state index contributed by atoms with van der Waals surface area (Å²) in [5, 5.41) is 5.81. The Balaban J connectivity index is 1.39. The van der Waals surface area contributed by atoms with Crippen LogP contribution in [0.5, 0.6) is 0 Å². The van der Waals surface area contributed by atoms with Crippen LogP contribution in [0.15, 0.2) is 18.2 Å². The molecule has 0 aromatic heterocycles. The van der Waals surface area contributed by atoms with Gasteiger partial charge in [-0.3, -0.25) is 14.5 Å². The fourth-order valence-electron chi connectivity index (χ4n) is 6.39. The summed E-state index contributed by atoms with van der Waals surface area (Å²) in [6, 6.07) is 5.42. The van der Waals surface area contributed by atoms with Crippen molar-refractivity contribution in [2.24, 2.45) is 11.3 Å². The molecule has 1 aromatic rings. The first-order chi connectivity index (χ1) is 16.0. The molecule has 3 fully saturated rings. The number of aryl methyl sites for hydroxylation is 1. The van der Waals surface area contributed by atoms with E-state index in [2.05, 4.69) is 48.1 Å². The molecular formula is C26H39N5O3. The number of rotatable bonds is 5. The monoisotopic (exact) mass is 469 g/mol. The largest absolute Gasteiger partial charge is 0.369 e. The normalized spacial score (nSPS) is 27.3. The number of hydrogen-bond donors (Lipinski definition) is 2. The van der Waals surface area contributed by atoms with Crippen LogP contribution >= 0.6 is 0 Å². The van der Waals surface area contributed by atoms with Crippen LogP contribution in [0.4, 0.5) is 16.2 Å². The summed E-state index contributed by atoms with van der Waals surface area (Å²) in [5.74, 6) is -0.314. The number of anilines is 2. The molecule has 186 valence electrons. The third kappa shape index (κ3) is 4.92. The van der Waals surface area contributed by atoms with Crippen LogP contribution in [-0.2, 0) is 9.59 Å². The van der Waals surface area contributed by atoms with Gasteiger partial charge in [0.25, 0.3) is 5.91 Å². The molecule has 2 atom stereocenters. The molecule has 1 aliphatic carbocycles. The Hall–Kier alpha value is -2.61. The molecule has 2 N–H and O–H groups in total. The molecule has 1 spiro atoms. The number of carbonyl (C=O) groups excluding carboxylic acids is 3. The Morgan fingerprint density at radius 3 is 2.47 bits per heavy atom. The molecule has 3 aliphatic rings. The number of likely N-dealkylation sites (N-methyl/N-ethyl adjacent to an activating group) is 1. The SMILES string of the molecule is CCN1CCN(c2ccc(NC(=O)CN3C(=O)NC4(CC(C)CC(C)(C)C4)C3=O)cc2C)CC1. The first-order valence-electron chi connectivity index (χ1n) is 12.5. The van der Waals surface area contributed by atoms with Crippen molar-refractivity contribution in [1.82, 2.24) is 15.1 Å². The zero-order valence-corrected chi connectivity index (χ0v) is 21.2. The zero-order chi connectivity index (χ0) is 24.7. The van der Waals surface area contributed by atoms with Crippen molar-refractivity contribution in [2.75, 3.05) is 49.5 Å². The number of hydrogen-bond acceptors (Lipinski definition) is 5. The first kappa shape index (κ1) is 24.5. The maximum absolute atomic E-state index is 13.3. The lowest BCUT2D eigenvalue weighted by Gasteiger charge is -2.43. The Labute approximate surface area is 203 Å². The minimum Gasteiger partial charge on any atom is -0.369 e. The molecular weight excluding hydrogens is 430 g/mol. The Morgan fingerprint density at radius 1 is 1.15 bits per heavy atom. The topological polar surface area (TPSA) is 85.0 Å². The van der Waals surface area contributed by atoms with E-state index in [9.17, 15) is 14.4 Å². The Morgan fingerprint density at radius 2 is 1.85 bits per heavy atom. The van der Waals surface area contributed by atoms with Gasteiger partial charge in [0.1, 0.15) is 12.1 Å². The second kappa shape index (κ2) is 9.21. The molecule has 2 saturated heterocycles. The van der Waals surface area contributed by atoms with Gasteiger partial charge in [0.2, 0.25) is 5.91 Å². The second-order valence-electron chi connectivity index (χ2n) is 11.2. The molecule has 2 unspecified atom stereocenters. The van der Waals surface area contributed by atoms with Gasteiger partial charge in [0.15, 0.2) is 0 Å². The lowest BCUT2D eigenvalue weighted by molar-refractivity contribution is -0.136. The summed E-state index contributed by atoms with van der Waals surface area (Å²) in [6.45, 7) is 15.5. The fourth-order valence-corrected chi connectivity index (χ4v) is 6.39. The van der Waals surface area contributed by atoms with Crippen molar-refractivity contribution in [1.29, 1.82) is 0 Å². The fraction of sp³-hybridized carbons (Fsp3) is 0.654. The van der Waals surface area contributed by atoms with Gasteiger partial charge in [-0.15, -0.1) is 0 Å². The maximum Gasteiger partial charge on any atom is 0.325 e. The minimum absolute atomic E-state index is 0.0403. The second-order valence-corrected chi connectivity index (χ2v) is 11.2. The molecule has 1 aromatic carbocycles. The molecule has 8 heteroatoms. The van der Waals surface area contributed by atoms with Gasteiger partial charge >= 0.3 is 6.03 Å². The summed E-state index contributed by atoms with van der Waals surface area (Å²) in [5.41, 5.74) is 2.02. The first-order valence-corrected chi connectivity index (χ1v) is 12.5. The highest BCUT2D eigenvalue weighted by Gasteiger charge is 2.56. The van der Waals surface area contributed by atoms with E-state index < -0.39 is 11.6 Å². The predicted molar refractivity (Wildman–Crippen MR) is 134 cm³/mol. The smallest absolute Gasteiger partial charge is 0.325 e. The maximum atomic E-state index is 13.3.